The minimum Gasteiger partial charge on any atom is -0.493 e. The van der Waals surface area contributed by atoms with Gasteiger partial charge in [0.05, 0.1) is 7.11 Å². The SMILES string of the molecule is COc1cc(C=C2C(=O)Nc3ccc(Cl)cc32)ccc1OCC(=O)Nc1ccc(Br)cc1. The number of rotatable bonds is 6. The van der Waals surface area contributed by atoms with Gasteiger partial charge in [0.15, 0.2) is 18.1 Å². The summed E-state index contributed by atoms with van der Waals surface area (Å²) in [5, 5.41) is 6.14. The fourth-order valence-electron chi connectivity index (χ4n) is 3.24. The third-order valence-electron chi connectivity index (χ3n) is 4.75. The van der Waals surface area contributed by atoms with Gasteiger partial charge in [0.25, 0.3) is 11.8 Å². The summed E-state index contributed by atoms with van der Waals surface area (Å²) < 4.78 is 12.0. The van der Waals surface area contributed by atoms with E-state index in [1.807, 2.05) is 12.1 Å². The first-order valence-electron chi connectivity index (χ1n) is 9.62. The van der Waals surface area contributed by atoms with Crippen molar-refractivity contribution in [1.29, 1.82) is 0 Å². The summed E-state index contributed by atoms with van der Waals surface area (Å²) in [4.78, 5) is 24.6. The molecule has 1 aliphatic rings. The second kappa shape index (κ2) is 9.46. The summed E-state index contributed by atoms with van der Waals surface area (Å²) in [5.41, 5.74) is 3.38. The molecule has 1 aliphatic heterocycles. The van der Waals surface area contributed by atoms with Crippen LogP contribution in [0.3, 0.4) is 0 Å². The molecular formula is C24H18BrClN2O4. The van der Waals surface area contributed by atoms with Crippen molar-refractivity contribution < 1.29 is 19.1 Å². The van der Waals surface area contributed by atoms with Gasteiger partial charge in [-0.25, -0.2) is 0 Å². The molecule has 6 nitrogen and oxygen atoms in total. The number of methoxy groups -OCH3 is 1. The average molecular weight is 514 g/mol. The number of amides is 2. The van der Waals surface area contributed by atoms with Crippen LogP contribution < -0.4 is 20.1 Å². The number of hydrogen-bond donors (Lipinski definition) is 2. The highest BCUT2D eigenvalue weighted by molar-refractivity contribution is 9.10. The maximum Gasteiger partial charge on any atom is 0.262 e. The zero-order valence-corrected chi connectivity index (χ0v) is 19.3. The highest BCUT2D eigenvalue weighted by Gasteiger charge is 2.24. The van der Waals surface area contributed by atoms with Gasteiger partial charge in [-0.05, 0) is 66.2 Å². The molecule has 0 spiro atoms. The standard InChI is InChI=1S/C24H18BrClN2O4/c1-31-22-11-14(10-19-18-12-16(26)5-8-20(18)28-24(19)30)2-9-21(22)32-13-23(29)27-17-6-3-15(25)4-7-17/h2-12H,13H2,1H3,(H,27,29)(H,28,30). The smallest absolute Gasteiger partial charge is 0.262 e. The molecule has 3 aromatic rings. The Morgan fingerprint density at radius 2 is 1.88 bits per heavy atom. The van der Waals surface area contributed by atoms with E-state index in [-0.39, 0.29) is 18.4 Å². The van der Waals surface area contributed by atoms with Crippen molar-refractivity contribution in [3.05, 3.63) is 81.3 Å². The normalized spacial score (nSPS) is 13.5. The van der Waals surface area contributed by atoms with Crippen molar-refractivity contribution in [2.75, 3.05) is 24.4 Å². The second-order valence-corrected chi connectivity index (χ2v) is 8.31. The first-order valence-corrected chi connectivity index (χ1v) is 10.8. The second-order valence-electron chi connectivity index (χ2n) is 6.96. The predicted octanol–water partition coefficient (Wildman–Crippen LogP) is 5.62. The largest absolute Gasteiger partial charge is 0.493 e. The summed E-state index contributed by atoms with van der Waals surface area (Å²) in [6, 6.07) is 17.7. The zero-order chi connectivity index (χ0) is 22.7. The van der Waals surface area contributed by atoms with Crippen LogP contribution in [0.1, 0.15) is 11.1 Å². The lowest BCUT2D eigenvalue weighted by atomic mass is 10.0. The van der Waals surface area contributed by atoms with Crippen LogP contribution in [-0.2, 0) is 9.59 Å². The molecule has 0 saturated carbocycles. The van der Waals surface area contributed by atoms with Gasteiger partial charge < -0.3 is 20.1 Å². The molecule has 4 rings (SSSR count). The molecule has 2 N–H and O–H groups in total. The number of carbonyl (C=O) groups excluding carboxylic acids is 2. The number of benzene rings is 3. The molecule has 0 fully saturated rings. The van der Waals surface area contributed by atoms with Gasteiger partial charge in [0.1, 0.15) is 0 Å². The molecule has 32 heavy (non-hydrogen) atoms. The van der Waals surface area contributed by atoms with Crippen LogP contribution in [0.5, 0.6) is 11.5 Å². The van der Waals surface area contributed by atoms with Crippen LogP contribution >= 0.6 is 27.5 Å². The van der Waals surface area contributed by atoms with Gasteiger partial charge in [-0.2, -0.15) is 0 Å². The molecule has 2 amide bonds. The van der Waals surface area contributed by atoms with Crippen LogP contribution in [0.4, 0.5) is 11.4 Å². The number of anilines is 2. The number of halogens is 2. The molecule has 0 aliphatic carbocycles. The third-order valence-corrected chi connectivity index (χ3v) is 5.51. The number of nitrogens with one attached hydrogen (secondary N) is 2. The van der Waals surface area contributed by atoms with E-state index in [1.54, 1.807) is 54.6 Å². The van der Waals surface area contributed by atoms with E-state index < -0.39 is 0 Å². The summed E-state index contributed by atoms with van der Waals surface area (Å²) in [6.45, 7) is -0.179. The van der Waals surface area contributed by atoms with Crippen LogP contribution in [0.2, 0.25) is 5.02 Å². The van der Waals surface area contributed by atoms with Crippen LogP contribution in [-0.4, -0.2) is 25.5 Å². The summed E-state index contributed by atoms with van der Waals surface area (Å²) in [7, 11) is 1.51. The quantitative estimate of drug-likeness (QED) is 0.419. The van der Waals surface area contributed by atoms with E-state index in [0.29, 0.717) is 33.5 Å². The van der Waals surface area contributed by atoms with Crippen LogP contribution in [0.25, 0.3) is 11.6 Å². The Labute approximate surface area is 198 Å². The van der Waals surface area contributed by atoms with E-state index in [0.717, 1.165) is 15.6 Å². The summed E-state index contributed by atoms with van der Waals surface area (Å²) in [6.07, 6.45) is 1.75. The minimum absolute atomic E-state index is 0.179. The Balaban J connectivity index is 1.48. The predicted molar refractivity (Wildman–Crippen MR) is 129 cm³/mol. The molecule has 0 saturated heterocycles. The van der Waals surface area contributed by atoms with Crippen molar-refractivity contribution in [2.24, 2.45) is 0 Å². The third kappa shape index (κ3) is 4.95. The van der Waals surface area contributed by atoms with Gasteiger partial charge in [0, 0.05) is 32.0 Å². The fourth-order valence-corrected chi connectivity index (χ4v) is 3.67. The van der Waals surface area contributed by atoms with E-state index in [9.17, 15) is 9.59 Å². The summed E-state index contributed by atoms with van der Waals surface area (Å²) >= 11 is 9.44. The Kier molecular flexibility index (Phi) is 6.48. The Bertz CT molecular complexity index is 1230. The highest BCUT2D eigenvalue weighted by Crippen LogP contribution is 2.36. The Morgan fingerprint density at radius 1 is 1.09 bits per heavy atom. The first kappa shape index (κ1) is 21.9. The molecule has 1 heterocycles. The minimum atomic E-state index is -0.295. The van der Waals surface area contributed by atoms with Gasteiger partial charge in [0.2, 0.25) is 0 Å². The van der Waals surface area contributed by atoms with Crippen molar-refractivity contribution in [2.45, 2.75) is 0 Å². The fraction of sp³-hybridized carbons (Fsp3) is 0.0833. The molecule has 162 valence electrons. The van der Waals surface area contributed by atoms with Crippen LogP contribution in [0.15, 0.2) is 65.1 Å². The topological polar surface area (TPSA) is 76.7 Å². The number of carbonyl (C=O) groups is 2. The monoisotopic (exact) mass is 512 g/mol. The lowest BCUT2D eigenvalue weighted by Gasteiger charge is -2.12. The maximum absolute atomic E-state index is 12.4. The van der Waals surface area contributed by atoms with E-state index in [4.69, 9.17) is 21.1 Å². The van der Waals surface area contributed by atoms with Crippen LogP contribution in [0, 0.1) is 0 Å². The Hall–Kier alpha value is -3.29. The summed E-state index contributed by atoms with van der Waals surface area (Å²) in [5.74, 6) is 0.364. The Morgan fingerprint density at radius 3 is 2.62 bits per heavy atom. The first-order chi connectivity index (χ1) is 15.4. The molecule has 0 aromatic heterocycles. The molecular weight excluding hydrogens is 496 g/mol. The van der Waals surface area contributed by atoms with Crippen molar-refractivity contribution >= 4 is 62.4 Å². The van der Waals surface area contributed by atoms with Gasteiger partial charge in [-0.1, -0.05) is 33.6 Å². The van der Waals surface area contributed by atoms with Gasteiger partial charge >= 0.3 is 0 Å². The van der Waals surface area contributed by atoms with Crippen molar-refractivity contribution in [3.63, 3.8) is 0 Å². The lowest BCUT2D eigenvalue weighted by molar-refractivity contribution is -0.118. The molecule has 0 atom stereocenters. The molecule has 8 heteroatoms. The highest BCUT2D eigenvalue weighted by atomic mass is 79.9. The molecule has 0 bridgehead atoms. The van der Waals surface area contributed by atoms with Gasteiger partial charge in [-0.15, -0.1) is 0 Å². The molecule has 0 radical (unpaired) electrons. The van der Waals surface area contributed by atoms with Crippen molar-refractivity contribution in [3.8, 4) is 11.5 Å². The molecule has 0 unspecified atom stereocenters. The average Bonchev–Trinajstić information content (AvgIpc) is 3.08. The maximum atomic E-state index is 12.4. The van der Waals surface area contributed by atoms with E-state index in [2.05, 4.69) is 26.6 Å². The van der Waals surface area contributed by atoms with E-state index in [1.165, 1.54) is 7.11 Å². The van der Waals surface area contributed by atoms with Crippen molar-refractivity contribution in [1.82, 2.24) is 0 Å². The zero-order valence-electron chi connectivity index (χ0n) is 16.9. The van der Waals surface area contributed by atoms with E-state index >= 15 is 0 Å². The lowest BCUT2D eigenvalue weighted by Crippen LogP contribution is -2.20. The van der Waals surface area contributed by atoms with Gasteiger partial charge in [-0.3, -0.25) is 9.59 Å². The molecule has 3 aromatic carbocycles. The number of hydrogen-bond acceptors (Lipinski definition) is 4. The number of ether oxygens (including phenoxy) is 2. The number of fused-ring (bicyclic) bond motifs is 1.